The second-order valence-corrected chi connectivity index (χ2v) is 7.23. The van der Waals surface area contributed by atoms with Crippen LogP contribution in [0.15, 0.2) is 65.5 Å². The van der Waals surface area contributed by atoms with E-state index in [9.17, 15) is 19.5 Å². The number of ketones is 1. The number of carbonyl (C=O) groups excluding carboxylic acids is 2. The molecule has 0 unspecified atom stereocenters. The molecule has 1 amide bonds. The van der Waals surface area contributed by atoms with Gasteiger partial charge in [-0.25, -0.2) is 0 Å². The highest BCUT2D eigenvalue weighted by molar-refractivity contribution is 6.05. The Labute approximate surface area is 172 Å². The molecular formula is C24H20N2O4. The van der Waals surface area contributed by atoms with Crippen LogP contribution in [0.3, 0.4) is 0 Å². The third kappa shape index (κ3) is 3.22. The van der Waals surface area contributed by atoms with Crippen LogP contribution >= 0.6 is 0 Å². The van der Waals surface area contributed by atoms with E-state index in [0.29, 0.717) is 10.9 Å². The Morgan fingerprint density at radius 3 is 2.50 bits per heavy atom. The van der Waals surface area contributed by atoms with Crippen molar-refractivity contribution in [3.63, 3.8) is 0 Å². The van der Waals surface area contributed by atoms with Crippen LogP contribution in [0, 0.1) is 0 Å². The number of nitrogens with one attached hydrogen (secondary N) is 1. The molecule has 0 aliphatic rings. The molecule has 6 nitrogen and oxygen atoms in total. The van der Waals surface area contributed by atoms with Crippen molar-refractivity contribution in [3.05, 3.63) is 76.6 Å². The normalized spacial score (nSPS) is 11.0. The molecule has 1 heterocycles. The Morgan fingerprint density at radius 2 is 1.73 bits per heavy atom. The predicted molar refractivity (Wildman–Crippen MR) is 117 cm³/mol. The molecule has 150 valence electrons. The number of fused-ring (bicyclic) bond motifs is 2. The Balaban J connectivity index is 1.93. The zero-order valence-electron chi connectivity index (χ0n) is 16.6. The maximum absolute atomic E-state index is 12.7. The first-order chi connectivity index (χ1) is 14.4. The summed E-state index contributed by atoms with van der Waals surface area (Å²) in [5.74, 6) is -1.42. The van der Waals surface area contributed by atoms with E-state index in [1.54, 1.807) is 19.2 Å². The summed E-state index contributed by atoms with van der Waals surface area (Å²) in [6.45, 7) is 1.12. The number of pyridine rings is 1. The largest absolute Gasteiger partial charge is 0.506 e. The molecule has 0 aliphatic heterocycles. The average Bonchev–Trinajstić information content (AvgIpc) is 2.75. The fraction of sp³-hybridized carbons (Fsp3) is 0.125. The zero-order valence-corrected chi connectivity index (χ0v) is 16.6. The number of aromatic nitrogens is 1. The molecule has 30 heavy (non-hydrogen) atoms. The number of carbonyl (C=O) groups is 2. The zero-order chi connectivity index (χ0) is 21.4. The minimum absolute atomic E-state index is 0.213. The second-order valence-electron chi connectivity index (χ2n) is 7.23. The van der Waals surface area contributed by atoms with Crippen molar-refractivity contribution in [1.29, 1.82) is 0 Å². The first kappa shape index (κ1) is 19.4. The number of benzene rings is 3. The lowest BCUT2D eigenvalue weighted by Crippen LogP contribution is -2.34. The molecule has 1 aromatic heterocycles. The van der Waals surface area contributed by atoms with Gasteiger partial charge in [0.1, 0.15) is 17.1 Å². The summed E-state index contributed by atoms with van der Waals surface area (Å²) in [4.78, 5) is 36.3. The number of Topliss-reactive ketones (excluding diaryl/α,β-unsaturated/α-hetero) is 1. The monoisotopic (exact) mass is 400 g/mol. The minimum Gasteiger partial charge on any atom is -0.506 e. The third-order valence-corrected chi connectivity index (χ3v) is 5.19. The maximum Gasteiger partial charge on any atom is 0.267 e. The van der Waals surface area contributed by atoms with Crippen LogP contribution in [0.25, 0.3) is 32.8 Å². The molecule has 4 aromatic rings. The fourth-order valence-electron chi connectivity index (χ4n) is 3.67. The maximum atomic E-state index is 12.7. The van der Waals surface area contributed by atoms with Gasteiger partial charge in [-0.2, -0.15) is 0 Å². The summed E-state index contributed by atoms with van der Waals surface area (Å²) in [6.07, 6.45) is 0. The van der Waals surface area contributed by atoms with E-state index in [0.717, 1.165) is 21.9 Å². The van der Waals surface area contributed by atoms with Gasteiger partial charge in [0.05, 0.1) is 12.1 Å². The first-order valence-electron chi connectivity index (χ1n) is 9.50. The van der Waals surface area contributed by atoms with Crippen LogP contribution < -0.4 is 10.9 Å². The third-order valence-electron chi connectivity index (χ3n) is 5.19. The Bertz CT molecular complexity index is 1380. The lowest BCUT2D eigenvalue weighted by molar-refractivity contribution is -0.116. The van der Waals surface area contributed by atoms with Gasteiger partial charge in [0.2, 0.25) is 0 Å². The number of hydrogen-bond acceptors (Lipinski definition) is 4. The number of aryl methyl sites for hydroxylation is 1. The molecule has 0 spiro atoms. The Hall–Kier alpha value is -3.93. The van der Waals surface area contributed by atoms with Crippen molar-refractivity contribution >= 4 is 33.4 Å². The summed E-state index contributed by atoms with van der Waals surface area (Å²) in [5, 5.41) is 15.7. The summed E-state index contributed by atoms with van der Waals surface area (Å²) in [5.41, 5.74) is 1.33. The molecule has 2 N–H and O–H groups in total. The van der Waals surface area contributed by atoms with Gasteiger partial charge in [0.25, 0.3) is 11.5 Å². The van der Waals surface area contributed by atoms with Gasteiger partial charge < -0.3 is 15.0 Å². The van der Waals surface area contributed by atoms with Crippen molar-refractivity contribution < 1.29 is 14.7 Å². The molecule has 0 saturated carbocycles. The van der Waals surface area contributed by atoms with Crippen molar-refractivity contribution in [3.8, 4) is 16.9 Å². The van der Waals surface area contributed by atoms with Gasteiger partial charge in [-0.3, -0.25) is 14.4 Å². The molecule has 3 aromatic carbocycles. The number of rotatable bonds is 4. The molecule has 0 aliphatic carbocycles. The molecule has 0 saturated heterocycles. The van der Waals surface area contributed by atoms with E-state index in [1.807, 2.05) is 48.5 Å². The number of nitrogens with zero attached hydrogens (tertiary/aromatic N) is 1. The summed E-state index contributed by atoms with van der Waals surface area (Å²) in [7, 11) is 1.55. The second kappa shape index (κ2) is 7.48. The van der Waals surface area contributed by atoms with Crippen molar-refractivity contribution in [2.75, 3.05) is 6.54 Å². The van der Waals surface area contributed by atoms with Crippen LogP contribution in [0.1, 0.15) is 17.3 Å². The molecule has 0 atom stereocenters. The van der Waals surface area contributed by atoms with Gasteiger partial charge in [-0.15, -0.1) is 0 Å². The molecule has 0 radical (unpaired) electrons. The van der Waals surface area contributed by atoms with Gasteiger partial charge in [-0.1, -0.05) is 48.5 Å². The highest BCUT2D eigenvalue weighted by atomic mass is 16.3. The summed E-state index contributed by atoms with van der Waals surface area (Å²) >= 11 is 0. The quantitative estimate of drug-likeness (QED) is 0.550. The smallest absolute Gasteiger partial charge is 0.267 e. The van der Waals surface area contributed by atoms with Crippen molar-refractivity contribution in [2.45, 2.75) is 6.92 Å². The first-order valence-corrected chi connectivity index (χ1v) is 9.50. The fourth-order valence-corrected chi connectivity index (χ4v) is 3.67. The van der Waals surface area contributed by atoms with Gasteiger partial charge >= 0.3 is 0 Å². The molecule has 0 fully saturated rings. The highest BCUT2D eigenvalue weighted by Gasteiger charge is 2.21. The number of hydrogen-bond donors (Lipinski definition) is 2. The lowest BCUT2D eigenvalue weighted by Gasteiger charge is -2.14. The van der Waals surface area contributed by atoms with E-state index in [4.69, 9.17) is 0 Å². The van der Waals surface area contributed by atoms with Crippen molar-refractivity contribution in [2.24, 2.45) is 7.05 Å². The van der Waals surface area contributed by atoms with Crippen LogP contribution in [0.4, 0.5) is 0 Å². The predicted octanol–water partition coefficient (Wildman–Crippen LogP) is 3.38. The van der Waals surface area contributed by atoms with E-state index in [1.165, 1.54) is 11.5 Å². The average molecular weight is 400 g/mol. The summed E-state index contributed by atoms with van der Waals surface area (Å²) < 4.78 is 1.32. The number of aromatic hydroxyl groups is 1. The summed E-state index contributed by atoms with van der Waals surface area (Å²) in [6, 6.07) is 19.4. The van der Waals surface area contributed by atoms with Crippen molar-refractivity contribution in [1.82, 2.24) is 9.88 Å². The standard InChI is InChI=1S/C24H20N2O4/c1-14(27)13-25-23(29)21-22(28)19-12-16(10-11-20(19)26(2)24(21)30)18-9-5-7-15-6-3-4-8-17(15)18/h3-12,28H,13H2,1-2H3,(H,25,29). The molecular weight excluding hydrogens is 380 g/mol. The minimum atomic E-state index is -0.777. The van der Waals surface area contributed by atoms with Crippen LogP contribution in [0.2, 0.25) is 0 Å². The molecule has 0 bridgehead atoms. The highest BCUT2D eigenvalue weighted by Crippen LogP contribution is 2.34. The Kier molecular flexibility index (Phi) is 4.83. The van der Waals surface area contributed by atoms with E-state index < -0.39 is 17.2 Å². The topological polar surface area (TPSA) is 88.4 Å². The molecule has 4 rings (SSSR count). The SMILES string of the molecule is CC(=O)CNC(=O)c1c(O)c2cc(-c3cccc4ccccc34)ccc2n(C)c1=O. The van der Waals surface area contributed by atoms with E-state index >= 15 is 0 Å². The van der Waals surface area contributed by atoms with Crippen LogP contribution in [-0.4, -0.2) is 27.9 Å². The number of amides is 1. The lowest BCUT2D eigenvalue weighted by atomic mass is 9.96. The van der Waals surface area contributed by atoms with Crippen LogP contribution in [0.5, 0.6) is 5.75 Å². The van der Waals surface area contributed by atoms with Gasteiger partial charge in [0.15, 0.2) is 0 Å². The van der Waals surface area contributed by atoms with Crippen LogP contribution in [-0.2, 0) is 11.8 Å². The van der Waals surface area contributed by atoms with E-state index in [-0.39, 0.29) is 17.9 Å². The van der Waals surface area contributed by atoms with Gasteiger partial charge in [-0.05, 0) is 41.0 Å². The van der Waals surface area contributed by atoms with Gasteiger partial charge in [0, 0.05) is 12.4 Å². The van der Waals surface area contributed by atoms with E-state index in [2.05, 4.69) is 5.32 Å². The molecule has 6 heteroatoms. The Morgan fingerprint density at radius 1 is 1.00 bits per heavy atom.